The van der Waals surface area contributed by atoms with Gasteiger partial charge in [0.05, 0.1) is 23.6 Å². The highest BCUT2D eigenvalue weighted by Gasteiger charge is 2.31. The predicted octanol–water partition coefficient (Wildman–Crippen LogP) is 2.47. The summed E-state index contributed by atoms with van der Waals surface area (Å²) in [4.78, 5) is 25.4. The van der Waals surface area contributed by atoms with Gasteiger partial charge in [-0.25, -0.2) is 9.97 Å². The first-order chi connectivity index (χ1) is 13.6. The Morgan fingerprint density at radius 1 is 1.11 bits per heavy atom. The molecule has 0 unspecified atom stereocenters. The standard InChI is InChI=1S/C20H23N7O/c1-14-4-7-18(27-23-10-11-24-27)17(12-14)19(28)26-13-16(6-5-15(26)2)25-20-21-8-3-9-22-20/h3-4,7-12,15-16H,5-6,13H2,1-2H3,(H,21,22,25)/t15-,16-/m1/s1. The Morgan fingerprint density at radius 3 is 2.61 bits per heavy atom. The molecule has 0 aliphatic carbocycles. The number of hydrogen-bond acceptors (Lipinski definition) is 6. The summed E-state index contributed by atoms with van der Waals surface area (Å²) in [5, 5.41) is 11.7. The van der Waals surface area contributed by atoms with E-state index >= 15 is 0 Å². The van der Waals surface area contributed by atoms with Crippen molar-refractivity contribution in [3.8, 4) is 5.69 Å². The maximum atomic E-state index is 13.5. The molecule has 8 heteroatoms. The minimum atomic E-state index is -0.0102. The van der Waals surface area contributed by atoms with Gasteiger partial charge < -0.3 is 10.2 Å². The number of piperidine rings is 1. The third-order valence-electron chi connectivity index (χ3n) is 5.06. The van der Waals surface area contributed by atoms with Crippen molar-refractivity contribution in [2.24, 2.45) is 0 Å². The third kappa shape index (κ3) is 3.71. The van der Waals surface area contributed by atoms with Crippen LogP contribution in [0.5, 0.6) is 0 Å². The van der Waals surface area contributed by atoms with E-state index in [2.05, 4.69) is 32.4 Å². The summed E-state index contributed by atoms with van der Waals surface area (Å²) >= 11 is 0. The van der Waals surface area contributed by atoms with Crippen LogP contribution >= 0.6 is 0 Å². The van der Waals surface area contributed by atoms with Crippen LogP contribution in [0.2, 0.25) is 0 Å². The summed E-state index contributed by atoms with van der Waals surface area (Å²) in [6, 6.07) is 7.81. The van der Waals surface area contributed by atoms with Gasteiger partial charge in [-0.3, -0.25) is 4.79 Å². The molecule has 1 aliphatic rings. The lowest BCUT2D eigenvalue weighted by Crippen LogP contribution is -2.50. The van der Waals surface area contributed by atoms with Crippen molar-refractivity contribution in [2.75, 3.05) is 11.9 Å². The van der Waals surface area contributed by atoms with Crippen LogP contribution in [0.15, 0.2) is 49.1 Å². The Bertz CT molecular complexity index is 942. The van der Waals surface area contributed by atoms with E-state index in [0.29, 0.717) is 23.7 Å². The van der Waals surface area contributed by atoms with Crippen LogP contribution in [-0.2, 0) is 0 Å². The lowest BCUT2D eigenvalue weighted by molar-refractivity contribution is 0.0620. The zero-order chi connectivity index (χ0) is 19.5. The van der Waals surface area contributed by atoms with Gasteiger partial charge in [0.15, 0.2) is 0 Å². The fourth-order valence-corrected chi connectivity index (χ4v) is 3.55. The maximum absolute atomic E-state index is 13.5. The van der Waals surface area contributed by atoms with Gasteiger partial charge in [-0.15, -0.1) is 0 Å². The fraction of sp³-hybridized carbons (Fsp3) is 0.350. The topological polar surface area (TPSA) is 88.8 Å². The number of rotatable bonds is 4. The van der Waals surface area contributed by atoms with Gasteiger partial charge in [-0.2, -0.15) is 15.0 Å². The smallest absolute Gasteiger partial charge is 0.256 e. The average molecular weight is 377 g/mol. The minimum Gasteiger partial charge on any atom is -0.350 e. The van der Waals surface area contributed by atoms with Crippen LogP contribution in [0.4, 0.5) is 5.95 Å². The van der Waals surface area contributed by atoms with E-state index in [1.165, 1.54) is 4.80 Å². The molecule has 1 saturated heterocycles. The number of amides is 1. The van der Waals surface area contributed by atoms with E-state index in [1.807, 2.05) is 30.0 Å². The van der Waals surface area contributed by atoms with E-state index in [1.54, 1.807) is 30.9 Å². The SMILES string of the molecule is Cc1ccc(-n2nccn2)c(C(=O)N2C[C@H](Nc3ncccn3)CC[C@H]2C)c1. The van der Waals surface area contributed by atoms with Crippen LogP contribution in [0, 0.1) is 6.92 Å². The van der Waals surface area contributed by atoms with Crippen molar-refractivity contribution in [3.05, 3.63) is 60.2 Å². The van der Waals surface area contributed by atoms with Gasteiger partial charge in [-0.1, -0.05) is 11.6 Å². The summed E-state index contributed by atoms with van der Waals surface area (Å²) in [6.45, 7) is 4.67. The molecule has 0 radical (unpaired) electrons. The number of anilines is 1. The second-order valence-electron chi connectivity index (χ2n) is 7.14. The number of carbonyl (C=O) groups excluding carboxylic acids is 1. The molecule has 144 valence electrons. The minimum absolute atomic E-state index is 0.0102. The van der Waals surface area contributed by atoms with E-state index in [9.17, 15) is 4.79 Å². The summed E-state index contributed by atoms with van der Waals surface area (Å²) < 4.78 is 0. The number of aryl methyl sites for hydroxylation is 1. The number of nitrogens with zero attached hydrogens (tertiary/aromatic N) is 6. The molecule has 1 amide bonds. The molecule has 4 rings (SSSR count). The summed E-state index contributed by atoms with van der Waals surface area (Å²) in [5.41, 5.74) is 2.32. The fourth-order valence-electron chi connectivity index (χ4n) is 3.55. The van der Waals surface area contributed by atoms with Crippen molar-refractivity contribution < 1.29 is 4.79 Å². The molecule has 3 heterocycles. The van der Waals surface area contributed by atoms with Gasteiger partial charge in [0, 0.05) is 31.0 Å². The molecule has 8 nitrogen and oxygen atoms in total. The molecule has 2 aromatic heterocycles. The largest absolute Gasteiger partial charge is 0.350 e. The van der Waals surface area contributed by atoms with Gasteiger partial charge in [0.1, 0.15) is 0 Å². The van der Waals surface area contributed by atoms with Gasteiger partial charge in [0.25, 0.3) is 5.91 Å². The van der Waals surface area contributed by atoms with Crippen molar-refractivity contribution in [1.82, 2.24) is 29.9 Å². The molecule has 1 aromatic carbocycles. The highest BCUT2D eigenvalue weighted by molar-refractivity contribution is 5.98. The van der Waals surface area contributed by atoms with Gasteiger partial charge in [-0.05, 0) is 44.9 Å². The Kier molecular flexibility index (Phi) is 5.01. The molecule has 3 aromatic rings. The van der Waals surface area contributed by atoms with Gasteiger partial charge >= 0.3 is 0 Å². The Labute approximate surface area is 163 Å². The zero-order valence-electron chi connectivity index (χ0n) is 16.0. The number of carbonyl (C=O) groups is 1. The average Bonchev–Trinajstić information content (AvgIpc) is 3.24. The molecular formula is C20H23N7O. The van der Waals surface area contributed by atoms with E-state index in [-0.39, 0.29) is 18.0 Å². The second-order valence-corrected chi connectivity index (χ2v) is 7.14. The van der Waals surface area contributed by atoms with E-state index in [0.717, 1.165) is 18.4 Å². The highest BCUT2D eigenvalue weighted by Crippen LogP contribution is 2.24. The number of likely N-dealkylation sites (tertiary alicyclic amines) is 1. The van der Waals surface area contributed by atoms with Crippen LogP contribution in [0.3, 0.4) is 0 Å². The van der Waals surface area contributed by atoms with Gasteiger partial charge in [0.2, 0.25) is 5.95 Å². The molecule has 0 bridgehead atoms. The Hall–Kier alpha value is -3.29. The normalized spacial score (nSPS) is 19.4. The predicted molar refractivity (Wildman–Crippen MR) is 105 cm³/mol. The number of benzene rings is 1. The van der Waals surface area contributed by atoms with Crippen LogP contribution in [0.25, 0.3) is 5.69 Å². The van der Waals surface area contributed by atoms with Crippen LogP contribution in [0.1, 0.15) is 35.7 Å². The number of aromatic nitrogens is 5. The van der Waals surface area contributed by atoms with E-state index < -0.39 is 0 Å². The first kappa shape index (κ1) is 18.1. The maximum Gasteiger partial charge on any atom is 0.256 e. The molecule has 1 aliphatic heterocycles. The van der Waals surface area contributed by atoms with E-state index in [4.69, 9.17) is 0 Å². The van der Waals surface area contributed by atoms with Crippen molar-refractivity contribution >= 4 is 11.9 Å². The molecule has 0 saturated carbocycles. The Morgan fingerprint density at radius 2 is 1.86 bits per heavy atom. The molecule has 28 heavy (non-hydrogen) atoms. The lowest BCUT2D eigenvalue weighted by Gasteiger charge is -2.38. The molecule has 2 atom stereocenters. The zero-order valence-corrected chi connectivity index (χ0v) is 16.0. The Balaban J connectivity index is 1.59. The first-order valence-corrected chi connectivity index (χ1v) is 9.43. The first-order valence-electron chi connectivity index (χ1n) is 9.43. The summed E-state index contributed by atoms with van der Waals surface area (Å²) in [5.74, 6) is 0.579. The number of hydrogen-bond donors (Lipinski definition) is 1. The van der Waals surface area contributed by atoms with Crippen LogP contribution < -0.4 is 5.32 Å². The van der Waals surface area contributed by atoms with Crippen LogP contribution in [-0.4, -0.2) is 54.4 Å². The molecular weight excluding hydrogens is 354 g/mol. The third-order valence-corrected chi connectivity index (χ3v) is 5.06. The van der Waals surface area contributed by atoms with Crippen molar-refractivity contribution in [3.63, 3.8) is 0 Å². The number of nitrogens with one attached hydrogen (secondary N) is 1. The second kappa shape index (κ2) is 7.75. The molecule has 1 N–H and O–H groups in total. The lowest BCUT2D eigenvalue weighted by atomic mass is 9.97. The van der Waals surface area contributed by atoms with Crippen molar-refractivity contribution in [2.45, 2.75) is 38.8 Å². The summed E-state index contributed by atoms with van der Waals surface area (Å²) in [7, 11) is 0. The molecule has 1 fully saturated rings. The highest BCUT2D eigenvalue weighted by atomic mass is 16.2. The summed E-state index contributed by atoms with van der Waals surface area (Å²) in [6.07, 6.45) is 8.51. The monoisotopic (exact) mass is 377 g/mol. The molecule has 0 spiro atoms. The van der Waals surface area contributed by atoms with Crippen molar-refractivity contribution in [1.29, 1.82) is 0 Å². The quantitative estimate of drug-likeness (QED) is 0.751.